The number of benzene rings is 4. The number of aromatic nitrogens is 3. The van der Waals surface area contributed by atoms with Crippen LogP contribution in [0.15, 0.2) is 89.4 Å². The van der Waals surface area contributed by atoms with E-state index in [1.54, 1.807) is 28.4 Å². The summed E-state index contributed by atoms with van der Waals surface area (Å²) in [5.74, 6) is 2.43. The summed E-state index contributed by atoms with van der Waals surface area (Å²) in [7, 11) is 6.50. The topological polar surface area (TPSA) is 67.6 Å². The number of halogens is 1. The maximum atomic E-state index is 5.75. The maximum absolute atomic E-state index is 5.75. The van der Waals surface area contributed by atoms with Crippen LogP contribution in [-0.2, 0) is 0 Å². The van der Waals surface area contributed by atoms with Crippen LogP contribution in [0.4, 0.5) is 0 Å². The molecular formula is C32H26BrN3O4. The maximum Gasteiger partial charge on any atom is 0.164 e. The van der Waals surface area contributed by atoms with Gasteiger partial charge in [0.2, 0.25) is 0 Å². The fourth-order valence-corrected chi connectivity index (χ4v) is 5.51. The first kappa shape index (κ1) is 25.7. The number of rotatable bonds is 7. The van der Waals surface area contributed by atoms with Crippen molar-refractivity contribution in [3.63, 3.8) is 0 Å². The van der Waals surface area contributed by atoms with Crippen LogP contribution in [0, 0.1) is 0 Å². The van der Waals surface area contributed by atoms with E-state index in [9.17, 15) is 0 Å². The molecule has 4 aromatic carbocycles. The van der Waals surface area contributed by atoms with E-state index >= 15 is 0 Å². The molecule has 0 spiro atoms. The van der Waals surface area contributed by atoms with E-state index in [1.807, 2.05) is 77.5 Å². The molecule has 0 fully saturated rings. The van der Waals surface area contributed by atoms with Crippen LogP contribution >= 0.6 is 15.9 Å². The number of hydrogen-bond acceptors (Lipinski definition) is 6. The minimum absolute atomic E-state index is 0.595. The van der Waals surface area contributed by atoms with Gasteiger partial charge in [0.1, 0.15) is 5.69 Å². The first-order valence-corrected chi connectivity index (χ1v) is 13.4. The van der Waals surface area contributed by atoms with Crippen LogP contribution in [0.25, 0.3) is 50.0 Å². The summed E-state index contributed by atoms with van der Waals surface area (Å²) in [6, 6.07) is 27.9. The van der Waals surface area contributed by atoms with E-state index in [-0.39, 0.29) is 0 Å². The Balaban J connectivity index is 1.81. The lowest BCUT2D eigenvalue weighted by atomic mass is 9.98. The summed E-state index contributed by atoms with van der Waals surface area (Å²) in [5.41, 5.74) is 4.98. The van der Waals surface area contributed by atoms with Gasteiger partial charge in [0.25, 0.3) is 0 Å². The molecule has 0 aliphatic carbocycles. The molecule has 40 heavy (non-hydrogen) atoms. The number of pyridine rings is 1. The second-order valence-corrected chi connectivity index (χ2v) is 9.92. The lowest BCUT2D eigenvalue weighted by molar-refractivity contribution is 0.355. The number of para-hydroxylation sites is 1. The van der Waals surface area contributed by atoms with E-state index in [1.165, 1.54) is 0 Å². The normalized spacial score (nSPS) is 11.1. The fourth-order valence-electron chi connectivity index (χ4n) is 5.00. The highest BCUT2D eigenvalue weighted by molar-refractivity contribution is 9.10. The molecule has 6 rings (SSSR count). The monoisotopic (exact) mass is 595 g/mol. The van der Waals surface area contributed by atoms with Crippen molar-refractivity contribution in [2.45, 2.75) is 0 Å². The molecule has 2 heterocycles. The van der Waals surface area contributed by atoms with E-state index < -0.39 is 0 Å². The Morgan fingerprint density at radius 3 is 1.80 bits per heavy atom. The number of nitrogens with zero attached hydrogens (tertiary/aromatic N) is 3. The van der Waals surface area contributed by atoms with Crippen molar-refractivity contribution in [2.24, 2.45) is 0 Å². The first-order valence-electron chi connectivity index (χ1n) is 12.6. The van der Waals surface area contributed by atoms with Crippen LogP contribution in [0.5, 0.6) is 23.0 Å². The van der Waals surface area contributed by atoms with E-state index in [0.717, 1.165) is 48.8 Å². The van der Waals surface area contributed by atoms with E-state index in [4.69, 9.17) is 29.0 Å². The quantitative estimate of drug-likeness (QED) is 0.188. The van der Waals surface area contributed by atoms with Gasteiger partial charge in [-0.25, -0.2) is 9.67 Å². The molecule has 0 unspecified atom stereocenters. The third-order valence-corrected chi connectivity index (χ3v) is 7.56. The van der Waals surface area contributed by atoms with Gasteiger partial charge in [-0.3, -0.25) is 0 Å². The number of fused-ring (bicyclic) bond motifs is 3. The van der Waals surface area contributed by atoms with Gasteiger partial charge in [-0.2, -0.15) is 5.10 Å². The molecule has 0 radical (unpaired) electrons. The number of methoxy groups -OCH3 is 4. The van der Waals surface area contributed by atoms with Crippen molar-refractivity contribution >= 4 is 37.7 Å². The van der Waals surface area contributed by atoms with Crippen LogP contribution in [0.2, 0.25) is 0 Å². The predicted octanol–water partition coefficient (Wildman–Crippen LogP) is 7.70. The average Bonchev–Trinajstić information content (AvgIpc) is 3.40. The van der Waals surface area contributed by atoms with Gasteiger partial charge in [0.05, 0.1) is 45.2 Å². The molecule has 0 saturated carbocycles. The van der Waals surface area contributed by atoms with Gasteiger partial charge in [0, 0.05) is 26.4 Å². The molecule has 6 aromatic rings. The highest BCUT2D eigenvalue weighted by Crippen LogP contribution is 2.46. The summed E-state index contributed by atoms with van der Waals surface area (Å²) in [6.07, 6.45) is 0. The van der Waals surface area contributed by atoms with Crippen LogP contribution in [-0.4, -0.2) is 43.2 Å². The Labute approximate surface area is 240 Å². The highest BCUT2D eigenvalue weighted by Gasteiger charge is 2.24. The van der Waals surface area contributed by atoms with E-state index in [2.05, 4.69) is 28.1 Å². The molecule has 0 atom stereocenters. The van der Waals surface area contributed by atoms with Gasteiger partial charge in [-0.1, -0.05) is 48.5 Å². The van der Waals surface area contributed by atoms with Crippen molar-refractivity contribution in [3.8, 4) is 51.2 Å². The Morgan fingerprint density at radius 1 is 0.625 bits per heavy atom. The van der Waals surface area contributed by atoms with Crippen molar-refractivity contribution in [1.82, 2.24) is 14.8 Å². The molecular weight excluding hydrogens is 570 g/mol. The first-order chi connectivity index (χ1) is 19.6. The smallest absolute Gasteiger partial charge is 0.164 e. The van der Waals surface area contributed by atoms with Crippen molar-refractivity contribution in [1.29, 1.82) is 0 Å². The Bertz CT molecular complexity index is 1850. The number of ether oxygens (including phenoxy) is 4. The van der Waals surface area contributed by atoms with Gasteiger partial charge >= 0.3 is 0 Å². The van der Waals surface area contributed by atoms with Gasteiger partial charge in [-0.05, 0) is 52.3 Å². The largest absolute Gasteiger partial charge is 0.493 e. The van der Waals surface area contributed by atoms with Crippen molar-refractivity contribution in [3.05, 3.63) is 89.4 Å². The SMILES string of the molecule is COc1cc(Br)c(-c2nc3c(c(-c4ccccc4)nn3-c3ccccc3)c3cc(OC)c(OC)cc23)cc1OC. The summed E-state index contributed by atoms with van der Waals surface area (Å²) >= 11 is 3.75. The molecule has 0 amide bonds. The molecule has 0 bridgehead atoms. The number of hydrogen-bond donors (Lipinski definition) is 0. The molecule has 0 aliphatic heterocycles. The molecule has 0 N–H and O–H groups in total. The Morgan fingerprint density at radius 2 is 1.18 bits per heavy atom. The fraction of sp³-hybridized carbons (Fsp3) is 0.125. The lowest BCUT2D eigenvalue weighted by Crippen LogP contribution is -2.00. The zero-order chi connectivity index (χ0) is 27.8. The summed E-state index contributed by atoms with van der Waals surface area (Å²) < 4.78 is 25.4. The summed E-state index contributed by atoms with van der Waals surface area (Å²) in [5, 5.41) is 7.84. The zero-order valence-corrected chi connectivity index (χ0v) is 24.0. The van der Waals surface area contributed by atoms with Crippen molar-refractivity contribution < 1.29 is 18.9 Å². The average molecular weight is 596 g/mol. The minimum Gasteiger partial charge on any atom is -0.493 e. The highest BCUT2D eigenvalue weighted by atomic mass is 79.9. The predicted molar refractivity (Wildman–Crippen MR) is 161 cm³/mol. The second-order valence-electron chi connectivity index (χ2n) is 9.06. The molecule has 0 aliphatic rings. The minimum atomic E-state index is 0.595. The van der Waals surface area contributed by atoms with E-state index in [0.29, 0.717) is 28.6 Å². The van der Waals surface area contributed by atoms with Gasteiger partial charge in [-0.15, -0.1) is 0 Å². The third-order valence-electron chi connectivity index (χ3n) is 6.90. The van der Waals surface area contributed by atoms with Gasteiger partial charge < -0.3 is 18.9 Å². The summed E-state index contributed by atoms with van der Waals surface area (Å²) in [6.45, 7) is 0. The molecule has 2 aromatic heterocycles. The van der Waals surface area contributed by atoms with Crippen LogP contribution in [0.3, 0.4) is 0 Å². The molecule has 8 heteroatoms. The Hall–Kier alpha value is -4.56. The van der Waals surface area contributed by atoms with Crippen molar-refractivity contribution in [2.75, 3.05) is 28.4 Å². The molecule has 0 saturated heterocycles. The van der Waals surface area contributed by atoms with Gasteiger partial charge in [0.15, 0.2) is 28.6 Å². The van der Waals surface area contributed by atoms with Crippen LogP contribution in [0.1, 0.15) is 0 Å². The third kappa shape index (κ3) is 4.21. The zero-order valence-electron chi connectivity index (χ0n) is 22.4. The lowest BCUT2D eigenvalue weighted by Gasteiger charge is -2.16. The summed E-state index contributed by atoms with van der Waals surface area (Å²) in [4.78, 5) is 5.30. The molecule has 7 nitrogen and oxygen atoms in total. The second kappa shape index (κ2) is 10.5. The van der Waals surface area contributed by atoms with Crippen LogP contribution < -0.4 is 18.9 Å². The molecule has 200 valence electrons. The standard InChI is InChI=1S/C32H26BrN3O4/c1-37-25-15-21-22(16-26(25)38-2)31(23-17-27(39-3)28(40-4)18-24(23)33)34-32-29(21)30(19-11-7-5-8-12-19)35-36(32)20-13-9-6-10-14-20/h5-18H,1-4H3. The Kier molecular flexibility index (Phi) is 6.77.